The van der Waals surface area contributed by atoms with Gasteiger partial charge in [0, 0.05) is 49.1 Å². The van der Waals surface area contributed by atoms with Crippen molar-refractivity contribution >= 4 is 65.6 Å². The third kappa shape index (κ3) is 5.55. The molecular weight excluding hydrogens is 771 g/mol. The lowest BCUT2D eigenvalue weighted by atomic mass is 9.99. The summed E-state index contributed by atoms with van der Waals surface area (Å²) in [7, 11) is 0. The highest BCUT2D eigenvalue weighted by atomic mass is 16.3. The Kier molecular flexibility index (Phi) is 7.80. The summed E-state index contributed by atoms with van der Waals surface area (Å²) in [5, 5.41) is 6.62. The molecule has 0 aliphatic rings. The molecular formula is C57H35N5O. The highest BCUT2D eigenvalue weighted by Crippen LogP contribution is 2.43. The summed E-state index contributed by atoms with van der Waals surface area (Å²) in [6, 6.07) is 74.4. The minimum atomic E-state index is 0.537. The number of hydrogen-bond acceptors (Lipinski definition) is 4. The predicted octanol–water partition coefficient (Wildman–Crippen LogP) is 14.6. The van der Waals surface area contributed by atoms with E-state index in [2.05, 4.69) is 185 Å². The van der Waals surface area contributed by atoms with Gasteiger partial charge >= 0.3 is 0 Å². The predicted molar refractivity (Wildman–Crippen MR) is 258 cm³/mol. The second-order valence-corrected chi connectivity index (χ2v) is 16.0. The van der Waals surface area contributed by atoms with Crippen LogP contribution in [0.5, 0.6) is 0 Å². The van der Waals surface area contributed by atoms with E-state index >= 15 is 0 Å². The van der Waals surface area contributed by atoms with Crippen LogP contribution in [-0.2, 0) is 0 Å². The Bertz CT molecular complexity index is 3900. The van der Waals surface area contributed by atoms with Crippen LogP contribution in [0.1, 0.15) is 0 Å². The molecule has 0 fully saturated rings. The molecule has 63 heavy (non-hydrogen) atoms. The maximum atomic E-state index is 6.46. The summed E-state index contributed by atoms with van der Waals surface area (Å²) in [6.45, 7) is 0. The fraction of sp³-hybridized carbons (Fsp3) is 0. The van der Waals surface area contributed by atoms with Crippen molar-refractivity contribution in [1.82, 2.24) is 24.1 Å². The Hall–Kier alpha value is -8.61. The quantitative estimate of drug-likeness (QED) is 0.168. The number of para-hydroxylation sites is 2. The molecule has 0 N–H and O–H groups in total. The van der Waals surface area contributed by atoms with Crippen LogP contribution >= 0.6 is 0 Å². The van der Waals surface area contributed by atoms with Crippen LogP contribution < -0.4 is 0 Å². The Morgan fingerprint density at radius 3 is 1.62 bits per heavy atom. The van der Waals surface area contributed by atoms with E-state index in [1.165, 1.54) is 10.9 Å². The van der Waals surface area contributed by atoms with Crippen LogP contribution in [0.15, 0.2) is 217 Å². The normalized spacial score (nSPS) is 11.8. The molecule has 4 aromatic heterocycles. The van der Waals surface area contributed by atoms with E-state index in [0.717, 1.165) is 93.7 Å². The highest BCUT2D eigenvalue weighted by molar-refractivity contribution is 6.23. The molecule has 6 heteroatoms. The second kappa shape index (κ2) is 14.0. The van der Waals surface area contributed by atoms with E-state index in [4.69, 9.17) is 19.4 Å². The van der Waals surface area contributed by atoms with Crippen LogP contribution in [0.3, 0.4) is 0 Å². The molecule has 0 amide bonds. The smallest absolute Gasteiger partial charge is 0.238 e. The van der Waals surface area contributed by atoms with Gasteiger partial charge in [0.25, 0.3) is 0 Å². The van der Waals surface area contributed by atoms with E-state index in [-0.39, 0.29) is 0 Å². The SMILES string of the molecule is c1ccc(-c2cccc(-n3c4ccccc4c4ccc5c6ccccc6n(-c6nc(-c7ccccc7)nc(-c7ccc8oc9cccc(-c%10ccccc%10)c9c8c7)n6)c5c43)c2)cc1. The van der Waals surface area contributed by atoms with Crippen molar-refractivity contribution in [1.29, 1.82) is 0 Å². The average Bonchev–Trinajstić information content (AvgIpc) is 4.02. The van der Waals surface area contributed by atoms with Gasteiger partial charge in [-0.25, -0.2) is 4.98 Å². The summed E-state index contributed by atoms with van der Waals surface area (Å²) in [6.07, 6.45) is 0. The highest BCUT2D eigenvalue weighted by Gasteiger charge is 2.24. The lowest BCUT2D eigenvalue weighted by molar-refractivity contribution is 0.669. The fourth-order valence-electron chi connectivity index (χ4n) is 9.57. The van der Waals surface area contributed by atoms with E-state index in [1.54, 1.807) is 0 Å². The summed E-state index contributed by atoms with van der Waals surface area (Å²) < 4.78 is 11.1. The van der Waals surface area contributed by atoms with Gasteiger partial charge in [0.1, 0.15) is 11.2 Å². The van der Waals surface area contributed by atoms with E-state index < -0.39 is 0 Å². The number of benzene rings is 9. The van der Waals surface area contributed by atoms with Gasteiger partial charge in [-0.3, -0.25) is 4.57 Å². The van der Waals surface area contributed by atoms with Crippen molar-refractivity contribution < 1.29 is 4.42 Å². The number of aromatic nitrogens is 5. The molecule has 0 aliphatic heterocycles. The Morgan fingerprint density at radius 1 is 0.333 bits per heavy atom. The van der Waals surface area contributed by atoms with Crippen molar-refractivity contribution in [2.45, 2.75) is 0 Å². The number of nitrogens with zero attached hydrogens (tertiary/aromatic N) is 5. The standard InChI is InChI=1S/C57H35N5O/c1-4-16-36(17-5-1)39-22-14-23-41(34-39)61-48-27-12-10-24-43(48)45-31-32-46-44-25-11-13-28-49(44)62(54(46)53(45)61)57-59-55(38-20-8-3-9-21-38)58-56(60-57)40-30-33-50-47(35-40)52-42(26-15-29-51(52)63-50)37-18-6-2-7-19-37/h1-35H. The lowest BCUT2D eigenvalue weighted by Crippen LogP contribution is -2.07. The number of hydrogen-bond donors (Lipinski definition) is 0. The van der Waals surface area contributed by atoms with Crippen LogP contribution in [-0.4, -0.2) is 24.1 Å². The summed E-state index contributed by atoms with van der Waals surface area (Å²) in [5.74, 6) is 1.70. The summed E-state index contributed by atoms with van der Waals surface area (Å²) in [5.41, 5.74) is 13.3. The van der Waals surface area contributed by atoms with Crippen molar-refractivity contribution in [3.63, 3.8) is 0 Å². The molecule has 294 valence electrons. The molecule has 0 radical (unpaired) electrons. The van der Waals surface area contributed by atoms with Gasteiger partial charge in [-0.2, -0.15) is 9.97 Å². The van der Waals surface area contributed by atoms with E-state index in [9.17, 15) is 0 Å². The fourth-order valence-corrected chi connectivity index (χ4v) is 9.57. The molecule has 6 nitrogen and oxygen atoms in total. The molecule has 0 saturated heterocycles. The van der Waals surface area contributed by atoms with Crippen molar-refractivity contribution in [2.75, 3.05) is 0 Å². The minimum absolute atomic E-state index is 0.537. The molecule has 0 atom stereocenters. The molecule has 0 spiro atoms. The van der Waals surface area contributed by atoms with Gasteiger partial charge in [-0.05, 0) is 70.8 Å². The Labute approximate surface area is 361 Å². The molecule has 0 saturated carbocycles. The first-order valence-corrected chi connectivity index (χ1v) is 21.2. The largest absolute Gasteiger partial charge is 0.456 e. The molecule has 4 heterocycles. The van der Waals surface area contributed by atoms with Gasteiger partial charge in [0.15, 0.2) is 11.6 Å². The molecule has 0 unspecified atom stereocenters. The molecule has 13 aromatic rings. The van der Waals surface area contributed by atoms with Gasteiger partial charge < -0.3 is 8.98 Å². The maximum absolute atomic E-state index is 6.46. The zero-order valence-electron chi connectivity index (χ0n) is 33.9. The molecule has 0 bridgehead atoms. The average molecular weight is 806 g/mol. The number of rotatable bonds is 6. The van der Waals surface area contributed by atoms with Crippen LogP contribution in [0.25, 0.3) is 122 Å². The first kappa shape index (κ1) is 35.2. The molecule has 0 aliphatic carbocycles. The van der Waals surface area contributed by atoms with Gasteiger partial charge in [-0.15, -0.1) is 0 Å². The van der Waals surface area contributed by atoms with Gasteiger partial charge in [0.2, 0.25) is 5.95 Å². The van der Waals surface area contributed by atoms with Crippen molar-refractivity contribution in [3.05, 3.63) is 212 Å². The van der Waals surface area contributed by atoms with Gasteiger partial charge in [-0.1, -0.05) is 164 Å². The third-order valence-corrected chi connectivity index (χ3v) is 12.4. The molecule has 13 rings (SSSR count). The number of fused-ring (bicyclic) bond motifs is 10. The summed E-state index contributed by atoms with van der Waals surface area (Å²) >= 11 is 0. The zero-order chi connectivity index (χ0) is 41.4. The third-order valence-electron chi connectivity index (χ3n) is 12.4. The van der Waals surface area contributed by atoms with Crippen molar-refractivity contribution in [2.24, 2.45) is 0 Å². The lowest BCUT2D eigenvalue weighted by Gasteiger charge is -2.14. The van der Waals surface area contributed by atoms with Gasteiger partial charge in [0.05, 0.1) is 22.1 Å². The zero-order valence-corrected chi connectivity index (χ0v) is 33.9. The van der Waals surface area contributed by atoms with E-state index in [1.807, 2.05) is 36.4 Å². The topological polar surface area (TPSA) is 61.7 Å². The Morgan fingerprint density at radius 2 is 0.905 bits per heavy atom. The van der Waals surface area contributed by atoms with Crippen LogP contribution in [0.2, 0.25) is 0 Å². The number of furan rings is 1. The minimum Gasteiger partial charge on any atom is -0.456 e. The molecule has 9 aromatic carbocycles. The van der Waals surface area contributed by atoms with Crippen LogP contribution in [0, 0.1) is 0 Å². The first-order chi connectivity index (χ1) is 31.2. The monoisotopic (exact) mass is 805 g/mol. The van der Waals surface area contributed by atoms with E-state index in [0.29, 0.717) is 17.6 Å². The Balaban J connectivity index is 1.11. The van der Waals surface area contributed by atoms with Crippen molar-refractivity contribution in [3.8, 4) is 56.7 Å². The maximum Gasteiger partial charge on any atom is 0.238 e. The van der Waals surface area contributed by atoms with Crippen LogP contribution in [0.4, 0.5) is 0 Å². The first-order valence-electron chi connectivity index (χ1n) is 21.2. The second-order valence-electron chi connectivity index (χ2n) is 16.0. The summed E-state index contributed by atoms with van der Waals surface area (Å²) in [4.78, 5) is 16.0.